The molecule has 19 heavy (non-hydrogen) atoms. The lowest BCUT2D eigenvalue weighted by Crippen LogP contribution is -2.19. The zero-order chi connectivity index (χ0) is 13.8. The van der Waals surface area contributed by atoms with E-state index in [4.69, 9.17) is 10.5 Å². The van der Waals surface area contributed by atoms with Crippen molar-refractivity contribution >= 4 is 17.3 Å². The second kappa shape index (κ2) is 5.43. The van der Waals surface area contributed by atoms with E-state index in [0.29, 0.717) is 5.69 Å². The van der Waals surface area contributed by atoms with Gasteiger partial charge in [-0.2, -0.15) is 5.10 Å². The standard InChI is InChI=1S/C13H16N4O2/c1-9-5-11(19-2)3-4-12(9)16-13(18)8-17-7-10(14)6-15-17/h3-7H,8,14H2,1-2H3,(H,16,18). The summed E-state index contributed by atoms with van der Waals surface area (Å²) in [6, 6.07) is 5.47. The molecule has 0 aliphatic rings. The molecule has 0 bridgehead atoms. The molecule has 0 saturated carbocycles. The highest BCUT2D eigenvalue weighted by molar-refractivity contribution is 5.91. The number of anilines is 2. The number of nitrogens with two attached hydrogens (primary N) is 1. The Morgan fingerprint density at radius 3 is 2.89 bits per heavy atom. The van der Waals surface area contributed by atoms with Gasteiger partial charge >= 0.3 is 0 Å². The number of benzene rings is 1. The monoisotopic (exact) mass is 260 g/mol. The van der Waals surface area contributed by atoms with Crippen LogP contribution in [0.3, 0.4) is 0 Å². The molecule has 1 amide bonds. The number of amides is 1. The molecule has 0 saturated heterocycles. The first kappa shape index (κ1) is 12.9. The normalized spacial score (nSPS) is 10.2. The Labute approximate surface area is 111 Å². The second-order valence-electron chi connectivity index (χ2n) is 4.20. The zero-order valence-electron chi connectivity index (χ0n) is 10.9. The van der Waals surface area contributed by atoms with Gasteiger partial charge in [0.05, 0.1) is 19.0 Å². The van der Waals surface area contributed by atoms with Crippen molar-refractivity contribution in [2.24, 2.45) is 0 Å². The molecule has 1 heterocycles. The number of rotatable bonds is 4. The number of nitrogen functional groups attached to an aromatic ring is 1. The van der Waals surface area contributed by atoms with Gasteiger partial charge in [0.2, 0.25) is 5.91 Å². The molecule has 6 nitrogen and oxygen atoms in total. The molecule has 2 rings (SSSR count). The van der Waals surface area contributed by atoms with E-state index in [1.807, 2.05) is 19.1 Å². The Morgan fingerprint density at radius 1 is 1.53 bits per heavy atom. The third-order valence-corrected chi connectivity index (χ3v) is 2.67. The highest BCUT2D eigenvalue weighted by Crippen LogP contribution is 2.20. The van der Waals surface area contributed by atoms with Crippen molar-refractivity contribution in [3.05, 3.63) is 36.2 Å². The van der Waals surface area contributed by atoms with E-state index in [9.17, 15) is 4.79 Å². The van der Waals surface area contributed by atoms with Crippen LogP contribution in [0.2, 0.25) is 0 Å². The molecule has 0 unspecified atom stereocenters. The maximum absolute atomic E-state index is 11.9. The average Bonchev–Trinajstić information content (AvgIpc) is 2.77. The van der Waals surface area contributed by atoms with Crippen LogP contribution in [0.4, 0.5) is 11.4 Å². The van der Waals surface area contributed by atoms with Crippen LogP contribution in [-0.2, 0) is 11.3 Å². The second-order valence-corrected chi connectivity index (χ2v) is 4.20. The van der Waals surface area contributed by atoms with Crippen molar-refractivity contribution < 1.29 is 9.53 Å². The van der Waals surface area contributed by atoms with Gasteiger partial charge in [-0.25, -0.2) is 0 Å². The quantitative estimate of drug-likeness (QED) is 0.871. The summed E-state index contributed by atoms with van der Waals surface area (Å²) < 4.78 is 6.60. The summed E-state index contributed by atoms with van der Waals surface area (Å²) in [6.07, 6.45) is 3.12. The van der Waals surface area contributed by atoms with E-state index >= 15 is 0 Å². The van der Waals surface area contributed by atoms with Gasteiger partial charge in [0.25, 0.3) is 0 Å². The molecule has 1 aromatic carbocycles. The number of carbonyl (C=O) groups is 1. The molecule has 0 radical (unpaired) electrons. The van der Waals surface area contributed by atoms with Crippen LogP contribution in [0, 0.1) is 6.92 Å². The molecule has 0 fully saturated rings. The van der Waals surface area contributed by atoms with Crippen LogP contribution in [-0.4, -0.2) is 22.8 Å². The summed E-state index contributed by atoms with van der Waals surface area (Å²) in [6.45, 7) is 2.03. The highest BCUT2D eigenvalue weighted by atomic mass is 16.5. The Balaban J connectivity index is 2.02. The van der Waals surface area contributed by atoms with E-state index in [0.717, 1.165) is 17.0 Å². The lowest BCUT2D eigenvalue weighted by Gasteiger charge is -2.09. The van der Waals surface area contributed by atoms with Gasteiger partial charge in [-0.05, 0) is 30.7 Å². The number of carbonyl (C=O) groups excluding carboxylic acids is 1. The Bertz CT molecular complexity index is 592. The predicted octanol–water partition coefficient (Wildman–Crippen LogP) is 1.42. The SMILES string of the molecule is COc1ccc(NC(=O)Cn2cc(N)cn2)c(C)c1. The van der Waals surface area contributed by atoms with Gasteiger partial charge in [-0.1, -0.05) is 0 Å². The number of ether oxygens (including phenoxy) is 1. The summed E-state index contributed by atoms with van der Waals surface area (Å²) in [5, 5.41) is 6.78. The van der Waals surface area contributed by atoms with Crippen molar-refractivity contribution in [2.75, 3.05) is 18.2 Å². The minimum atomic E-state index is -0.156. The maximum atomic E-state index is 11.9. The van der Waals surface area contributed by atoms with Crippen molar-refractivity contribution in [1.82, 2.24) is 9.78 Å². The number of hydrogen-bond donors (Lipinski definition) is 2. The van der Waals surface area contributed by atoms with Gasteiger partial charge in [0.15, 0.2) is 0 Å². The minimum absolute atomic E-state index is 0.128. The Kier molecular flexibility index (Phi) is 3.70. The lowest BCUT2D eigenvalue weighted by molar-refractivity contribution is -0.116. The van der Waals surface area contributed by atoms with Gasteiger partial charge in [0.1, 0.15) is 12.3 Å². The maximum Gasteiger partial charge on any atom is 0.246 e. The molecule has 6 heteroatoms. The number of nitrogens with one attached hydrogen (secondary N) is 1. The molecule has 100 valence electrons. The van der Waals surface area contributed by atoms with Crippen LogP contribution in [0.15, 0.2) is 30.6 Å². The first-order chi connectivity index (χ1) is 9.08. The van der Waals surface area contributed by atoms with E-state index in [1.165, 1.54) is 10.9 Å². The van der Waals surface area contributed by atoms with E-state index in [2.05, 4.69) is 10.4 Å². The van der Waals surface area contributed by atoms with Crippen LogP contribution < -0.4 is 15.8 Å². The van der Waals surface area contributed by atoms with Crippen molar-refractivity contribution in [3.8, 4) is 5.75 Å². The van der Waals surface area contributed by atoms with Crippen molar-refractivity contribution in [2.45, 2.75) is 13.5 Å². The fraction of sp³-hybridized carbons (Fsp3) is 0.231. The van der Waals surface area contributed by atoms with Crippen LogP contribution >= 0.6 is 0 Å². The fourth-order valence-electron chi connectivity index (χ4n) is 1.71. The molecule has 0 aliphatic carbocycles. The Hall–Kier alpha value is -2.50. The molecule has 0 spiro atoms. The summed E-state index contributed by atoms with van der Waals surface area (Å²) in [4.78, 5) is 11.9. The Morgan fingerprint density at radius 2 is 2.32 bits per heavy atom. The van der Waals surface area contributed by atoms with Gasteiger partial charge in [0, 0.05) is 11.9 Å². The summed E-state index contributed by atoms with van der Waals surface area (Å²) >= 11 is 0. The third-order valence-electron chi connectivity index (χ3n) is 2.67. The third kappa shape index (κ3) is 3.25. The van der Waals surface area contributed by atoms with Gasteiger partial charge in [-0.3, -0.25) is 9.48 Å². The fourth-order valence-corrected chi connectivity index (χ4v) is 1.71. The molecular weight excluding hydrogens is 244 g/mol. The molecule has 0 aliphatic heterocycles. The molecule has 1 aromatic heterocycles. The highest BCUT2D eigenvalue weighted by Gasteiger charge is 2.07. The number of aromatic nitrogens is 2. The number of aryl methyl sites for hydroxylation is 1. The van der Waals surface area contributed by atoms with E-state index < -0.39 is 0 Å². The summed E-state index contributed by atoms with van der Waals surface area (Å²) in [7, 11) is 1.61. The van der Waals surface area contributed by atoms with Gasteiger partial charge in [-0.15, -0.1) is 0 Å². The largest absolute Gasteiger partial charge is 0.497 e. The van der Waals surface area contributed by atoms with Crippen LogP contribution in [0.5, 0.6) is 5.75 Å². The average molecular weight is 260 g/mol. The first-order valence-electron chi connectivity index (χ1n) is 5.81. The topological polar surface area (TPSA) is 82.2 Å². The van der Waals surface area contributed by atoms with Crippen LogP contribution in [0.1, 0.15) is 5.56 Å². The summed E-state index contributed by atoms with van der Waals surface area (Å²) in [5.41, 5.74) is 7.76. The minimum Gasteiger partial charge on any atom is -0.497 e. The van der Waals surface area contributed by atoms with E-state index in [1.54, 1.807) is 19.4 Å². The number of methoxy groups -OCH3 is 1. The molecule has 3 N–H and O–H groups in total. The first-order valence-corrected chi connectivity index (χ1v) is 5.81. The predicted molar refractivity (Wildman–Crippen MR) is 73.0 cm³/mol. The zero-order valence-corrected chi connectivity index (χ0v) is 10.9. The van der Waals surface area contributed by atoms with Crippen molar-refractivity contribution in [3.63, 3.8) is 0 Å². The lowest BCUT2D eigenvalue weighted by atomic mass is 10.2. The molecule has 0 atom stereocenters. The van der Waals surface area contributed by atoms with Gasteiger partial charge < -0.3 is 15.8 Å². The smallest absolute Gasteiger partial charge is 0.246 e. The van der Waals surface area contributed by atoms with Crippen molar-refractivity contribution in [1.29, 1.82) is 0 Å². The summed E-state index contributed by atoms with van der Waals surface area (Å²) in [5.74, 6) is 0.603. The van der Waals surface area contributed by atoms with Crippen LogP contribution in [0.25, 0.3) is 0 Å². The van der Waals surface area contributed by atoms with E-state index in [-0.39, 0.29) is 12.5 Å². The number of hydrogen-bond acceptors (Lipinski definition) is 4. The molecule has 2 aromatic rings. The molecular formula is C13H16N4O2. The number of nitrogens with zero attached hydrogens (tertiary/aromatic N) is 2.